The van der Waals surface area contributed by atoms with E-state index >= 15 is 0 Å². The summed E-state index contributed by atoms with van der Waals surface area (Å²) in [6.07, 6.45) is 0.725. The van der Waals surface area contributed by atoms with Crippen LogP contribution < -0.4 is 15.8 Å². The molecule has 0 fully saturated rings. The molecule has 3 N–H and O–H groups in total. The van der Waals surface area contributed by atoms with E-state index < -0.39 is 4.92 Å². The molecule has 110 valence electrons. The van der Waals surface area contributed by atoms with Gasteiger partial charge < -0.3 is 15.8 Å². The molecule has 2 aromatic rings. The van der Waals surface area contributed by atoms with Gasteiger partial charge in [-0.25, -0.2) is 0 Å². The lowest BCUT2D eigenvalue weighted by Crippen LogP contribution is -2.08. The monoisotopic (exact) mass is 287 g/mol. The van der Waals surface area contributed by atoms with E-state index in [2.05, 4.69) is 5.32 Å². The molecule has 0 atom stereocenters. The molecular formula is C15H17N3O3. The molecule has 21 heavy (non-hydrogen) atoms. The molecule has 0 aromatic heterocycles. The highest BCUT2D eigenvalue weighted by atomic mass is 16.6. The Morgan fingerprint density at radius 2 is 2.05 bits per heavy atom. The standard InChI is InChI=1S/C15H17N3O3/c1-21-12-5-2-4-11(10-12)8-9-17-14-7-3-6-13(16)15(14)18(19)20/h2-7,10,17H,8-9,16H2,1H3. The first kappa shape index (κ1) is 14.6. The number of nitrogens with one attached hydrogen (secondary N) is 1. The van der Waals surface area contributed by atoms with Crippen molar-refractivity contribution in [3.05, 3.63) is 58.1 Å². The van der Waals surface area contributed by atoms with Gasteiger partial charge in [0.2, 0.25) is 0 Å². The Morgan fingerprint density at radius 3 is 2.76 bits per heavy atom. The third kappa shape index (κ3) is 3.62. The maximum atomic E-state index is 11.0. The number of nitro groups is 1. The molecule has 0 bridgehead atoms. The molecule has 0 aliphatic heterocycles. The summed E-state index contributed by atoms with van der Waals surface area (Å²) in [6.45, 7) is 0.567. The molecule has 0 unspecified atom stereocenters. The van der Waals surface area contributed by atoms with Gasteiger partial charge in [0.25, 0.3) is 0 Å². The molecule has 6 heteroatoms. The molecule has 0 saturated heterocycles. The molecular weight excluding hydrogens is 270 g/mol. The highest BCUT2D eigenvalue weighted by Gasteiger charge is 2.16. The third-order valence-corrected chi connectivity index (χ3v) is 3.11. The predicted molar refractivity (Wildman–Crippen MR) is 82.7 cm³/mol. The zero-order valence-corrected chi connectivity index (χ0v) is 11.7. The summed E-state index contributed by atoms with van der Waals surface area (Å²) >= 11 is 0. The van der Waals surface area contributed by atoms with Gasteiger partial charge in [0, 0.05) is 6.54 Å². The first-order chi connectivity index (χ1) is 10.1. The summed E-state index contributed by atoms with van der Waals surface area (Å²) in [7, 11) is 1.62. The van der Waals surface area contributed by atoms with Crippen LogP contribution in [-0.4, -0.2) is 18.6 Å². The average molecular weight is 287 g/mol. The Morgan fingerprint density at radius 1 is 1.29 bits per heavy atom. The molecule has 0 radical (unpaired) electrons. The van der Waals surface area contributed by atoms with Gasteiger partial charge in [0.15, 0.2) is 0 Å². The zero-order valence-electron chi connectivity index (χ0n) is 11.7. The zero-order chi connectivity index (χ0) is 15.2. The van der Waals surface area contributed by atoms with Crippen LogP contribution in [0.5, 0.6) is 5.75 Å². The minimum Gasteiger partial charge on any atom is -0.497 e. The number of rotatable bonds is 6. The normalized spacial score (nSPS) is 10.1. The Bertz CT molecular complexity index is 644. The maximum absolute atomic E-state index is 11.0. The molecule has 6 nitrogen and oxygen atoms in total. The summed E-state index contributed by atoms with van der Waals surface area (Å²) in [6, 6.07) is 12.6. The fourth-order valence-electron chi connectivity index (χ4n) is 2.08. The van der Waals surface area contributed by atoms with E-state index in [-0.39, 0.29) is 11.4 Å². The van der Waals surface area contributed by atoms with Gasteiger partial charge in [-0.15, -0.1) is 0 Å². The first-order valence-corrected chi connectivity index (χ1v) is 6.51. The Balaban J connectivity index is 2.03. The SMILES string of the molecule is COc1cccc(CCNc2cccc(N)c2[N+](=O)[O-])c1. The summed E-state index contributed by atoms with van der Waals surface area (Å²) in [5.74, 6) is 0.794. The van der Waals surface area contributed by atoms with Crippen molar-refractivity contribution in [3.8, 4) is 5.75 Å². The number of methoxy groups -OCH3 is 1. The molecule has 2 aromatic carbocycles. The summed E-state index contributed by atoms with van der Waals surface area (Å²) in [4.78, 5) is 10.6. The minimum atomic E-state index is -0.469. The quantitative estimate of drug-likeness (QED) is 0.484. The summed E-state index contributed by atoms with van der Waals surface area (Å²) in [5, 5.41) is 14.1. The van der Waals surface area contributed by atoms with Crippen LogP contribution in [0.1, 0.15) is 5.56 Å². The largest absolute Gasteiger partial charge is 0.497 e. The number of anilines is 2. The van der Waals surface area contributed by atoms with Crippen LogP contribution >= 0.6 is 0 Å². The lowest BCUT2D eigenvalue weighted by Gasteiger charge is -2.09. The fraction of sp³-hybridized carbons (Fsp3) is 0.200. The van der Waals surface area contributed by atoms with E-state index in [4.69, 9.17) is 10.5 Å². The Labute approximate surface area is 122 Å². The molecule has 0 heterocycles. The van der Waals surface area contributed by atoms with Gasteiger partial charge >= 0.3 is 5.69 Å². The Kier molecular flexibility index (Phi) is 4.61. The second-order valence-electron chi connectivity index (χ2n) is 4.53. The van der Waals surface area contributed by atoms with E-state index in [1.54, 1.807) is 19.2 Å². The molecule has 0 spiro atoms. The van der Waals surface area contributed by atoms with Gasteiger partial charge in [-0.1, -0.05) is 18.2 Å². The second kappa shape index (κ2) is 6.60. The van der Waals surface area contributed by atoms with Crippen LogP contribution in [0, 0.1) is 10.1 Å². The van der Waals surface area contributed by atoms with Gasteiger partial charge in [-0.3, -0.25) is 10.1 Å². The summed E-state index contributed by atoms with van der Waals surface area (Å²) in [5.41, 5.74) is 7.25. The number of nitrogens with two attached hydrogens (primary N) is 1. The maximum Gasteiger partial charge on any atom is 0.314 e. The number of hydrogen-bond acceptors (Lipinski definition) is 5. The van der Waals surface area contributed by atoms with Gasteiger partial charge in [0.05, 0.1) is 12.0 Å². The molecule has 0 aliphatic carbocycles. The van der Waals surface area contributed by atoms with E-state index in [1.807, 2.05) is 24.3 Å². The highest BCUT2D eigenvalue weighted by Crippen LogP contribution is 2.30. The lowest BCUT2D eigenvalue weighted by atomic mass is 10.1. The third-order valence-electron chi connectivity index (χ3n) is 3.11. The van der Waals surface area contributed by atoms with Crippen molar-refractivity contribution >= 4 is 17.1 Å². The highest BCUT2D eigenvalue weighted by molar-refractivity contribution is 5.74. The van der Waals surface area contributed by atoms with Crippen molar-refractivity contribution in [3.63, 3.8) is 0 Å². The number of benzene rings is 2. The number of hydrogen-bond donors (Lipinski definition) is 2. The van der Waals surface area contributed by atoms with Crippen molar-refractivity contribution in [2.24, 2.45) is 0 Å². The van der Waals surface area contributed by atoms with Crippen LogP contribution in [0.4, 0.5) is 17.1 Å². The van der Waals surface area contributed by atoms with Crippen molar-refractivity contribution in [1.29, 1.82) is 0 Å². The molecule has 0 aliphatic rings. The summed E-state index contributed by atoms with van der Waals surface area (Å²) < 4.78 is 5.16. The molecule has 0 saturated carbocycles. The number of nitrogens with zero attached hydrogens (tertiary/aromatic N) is 1. The smallest absolute Gasteiger partial charge is 0.314 e. The van der Waals surface area contributed by atoms with Crippen LogP contribution in [0.2, 0.25) is 0 Å². The van der Waals surface area contributed by atoms with Crippen LogP contribution in [0.15, 0.2) is 42.5 Å². The topological polar surface area (TPSA) is 90.4 Å². The molecule has 0 amide bonds. The van der Waals surface area contributed by atoms with Gasteiger partial charge in [-0.05, 0) is 36.2 Å². The van der Waals surface area contributed by atoms with E-state index in [0.717, 1.165) is 17.7 Å². The lowest BCUT2D eigenvalue weighted by molar-refractivity contribution is -0.383. The van der Waals surface area contributed by atoms with Crippen molar-refractivity contribution in [2.75, 3.05) is 24.7 Å². The minimum absolute atomic E-state index is 0.0804. The van der Waals surface area contributed by atoms with E-state index in [0.29, 0.717) is 12.2 Å². The average Bonchev–Trinajstić information content (AvgIpc) is 2.47. The van der Waals surface area contributed by atoms with Gasteiger partial charge in [-0.2, -0.15) is 0 Å². The van der Waals surface area contributed by atoms with Crippen LogP contribution in [-0.2, 0) is 6.42 Å². The molecule has 2 rings (SSSR count). The first-order valence-electron chi connectivity index (χ1n) is 6.51. The van der Waals surface area contributed by atoms with Crippen LogP contribution in [0.3, 0.4) is 0 Å². The Hall–Kier alpha value is -2.76. The van der Waals surface area contributed by atoms with E-state index in [1.165, 1.54) is 6.07 Å². The van der Waals surface area contributed by atoms with Crippen molar-refractivity contribution in [2.45, 2.75) is 6.42 Å². The number of ether oxygens (including phenoxy) is 1. The number of para-hydroxylation sites is 1. The van der Waals surface area contributed by atoms with E-state index in [9.17, 15) is 10.1 Å². The second-order valence-corrected chi connectivity index (χ2v) is 4.53. The van der Waals surface area contributed by atoms with Crippen molar-refractivity contribution in [1.82, 2.24) is 0 Å². The number of nitrogen functional groups attached to an aromatic ring is 1. The van der Waals surface area contributed by atoms with Crippen LogP contribution in [0.25, 0.3) is 0 Å². The number of nitro benzene ring substituents is 1. The van der Waals surface area contributed by atoms with Crippen molar-refractivity contribution < 1.29 is 9.66 Å². The fourth-order valence-corrected chi connectivity index (χ4v) is 2.08. The van der Waals surface area contributed by atoms with Gasteiger partial charge in [0.1, 0.15) is 17.1 Å². The predicted octanol–water partition coefficient (Wildman–Crippen LogP) is 2.84.